The van der Waals surface area contributed by atoms with E-state index in [9.17, 15) is 10.1 Å². The van der Waals surface area contributed by atoms with Gasteiger partial charge >= 0.3 is 0 Å². The molecule has 1 heterocycles. The molecule has 0 saturated heterocycles. The fourth-order valence-electron chi connectivity index (χ4n) is 2.31. The van der Waals surface area contributed by atoms with Crippen LogP contribution in [0.5, 0.6) is 0 Å². The Bertz CT molecular complexity index is 618. The Kier molecular flexibility index (Phi) is 4.56. The van der Waals surface area contributed by atoms with E-state index < -0.39 is 0 Å². The SMILES string of the molecule is CC1CCc2c(C#N)c(NC(=O)CCl)sc(=S)c2C1. The second-order valence-electron chi connectivity index (χ2n) is 4.69. The summed E-state index contributed by atoms with van der Waals surface area (Å²) in [5.74, 6) is 0.155. The van der Waals surface area contributed by atoms with Crippen LogP contribution < -0.4 is 5.32 Å². The quantitative estimate of drug-likeness (QED) is 0.670. The van der Waals surface area contributed by atoms with Crippen molar-refractivity contribution in [2.75, 3.05) is 11.2 Å². The van der Waals surface area contributed by atoms with Crippen LogP contribution in [0.25, 0.3) is 0 Å². The zero-order valence-electron chi connectivity index (χ0n) is 10.5. The van der Waals surface area contributed by atoms with Crippen LogP contribution in [0.1, 0.15) is 30.0 Å². The highest BCUT2D eigenvalue weighted by Crippen LogP contribution is 2.35. The molecule has 100 valence electrons. The van der Waals surface area contributed by atoms with E-state index in [-0.39, 0.29) is 11.8 Å². The van der Waals surface area contributed by atoms with E-state index in [0.29, 0.717) is 16.5 Å². The van der Waals surface area contributed by atoms with Crippen LogP contribution in [-0.2, 0) is 17.6 Å². The van der Waals surface area contributed by atoms with Gasteiger partial charge in [-0.05, 0) is 36.3 Å². The standard InChI is InChI=1S/C13H13ClN2OS2/c1-7-2-3-8-9(4-7)13(18)19-12(10(8)6-15)16-11(17)5-14/h7H,2-5H2,1H3,(H,16,17). The number of hydrogen-bond acceptors (Lipinski definition) is 4. The first-order valence-corrected chi connectivity index (χ1v) is 7.77. The molecule has 0 fully saturated rings. The number of anilines is 1. The van der Waals surface area contributed by atoms with Gasteiger partial charge in [-0.1, -0.05) is 19.1 Å². The van der Waals surface area contributed by atoms with Crippen molar-refractivity contribution >= 4 is 46.1 Å². The van der Waals surface area contributed by atoms with Crippen molar-refractivity contribution in [3.8, 4) is 6.07 Å². The molecule has 1 N–H and O–H groups in total. The van der Waals surface area contributed by atoms with Gasteiger partial charge in [-0.2, -0.15) is 5.26 Å². The Balaban J connectivity index is 2.54. The molecule has 1 amide bonds. The van der Waals surface area contributed by atoms with Crippen molar-refractivity contribution in [2.24, 2.45) is 5.92 Å². The Labute approximate surface area is 126 Å². The topological polar surface area (TPSA) is 52.9 Å². The summed E-state index contributed by atoms with van der Waals surface area (Å²) in [5, 5.41) is 12.6. The number of carbonyl (C=O) groups excluding carboxylic acids is 1. The number of carbonyl (C=O) groups is 1. The van der Waals surface area contributed by atoms with Crippen LogP contribution in [0.4, 0.5) is 5.00 Å². The van der Waals surface area contributed by atoms with Gasteiger partial charge < -0.3 is 5.32 Å². The minimum Gasteiger partial charge on any atom is -0.316 e. The lowest BCUT2D eigenvalue weighted by atomic mass is 9.85. The summed E-state index contributed by atoms with van der Waals surface area (Å²) < 4.78 is 0.769. The number of rotatable bonds is 2. The molecule has 1 aliphatic carbocycles. The minimum atomic E-state index is -0.312. The number of hydrogen-bond donors (Lipinski definition) is 1. The second-order valence-corrected chi connectivity index (χ2v) is 6.65. The number of nitrogens with zero attached hydrogens (tertiary/aromatic N) is 1. The summed E-state index contributed by atoms with van der Waals surface area (Å²) in [6, 6.07) is 2.20. The smallest absolute Gasteiger partial charge is 0.239 e. The number of nitriles is 1. The number of fused-ring (bicyclic) bond motifs is 1. The summed E-state index contributed by atoms with van der Waals surface area (Å²) in [6.45, 7) is 2.19. The molecular weight excluding hydrogens is 300 g/mol. The summed E-state index contributed by atoms with van der Waals surface area (Å²) in [7, 11) is 0. The Morgan fingerprint density at radius 3 is 3.00 bits per heavy atom. The molecule has 1 unspecified atom stereocenters. The number of nitrogens with one attached hydrogen (secondary N) is 1. The van der Waals surface area contributed by atoms with E-state index >= 15 is 0 Å². The van der Waals surface area contributed by atoms with Gasteiger partial charge in [0.1, 0.15) is 17.0 Å². The van der Waals surface area contributed by atoms with Gasteiger partial charge in [0, 0.05) is 0 Å². The van der Waals surface area contributed by atoms with Crippen molar-refractivity contribution in [3.05, 3.63) is 20.5 Å². The number of halogens is 1. The highest BCUT2D eigenvalue weighted by Gasteiger charge is 2.23. The lowest BCUT2D eigenvalue weighted by molar-refractivity contribution is -0.113. The molecule has 0 saturated carbocycles. The molecule has 3 nitrogen and oxygen atoms in total. The average molecular weight is 313 g/mol. The highest BCUT2D eigenvalue weighted by atomic mass is 35.5. The highest BCUT2D eigenvalue weighted by molar-refractivity contribution is 7.73. The zero-order chi connectivity index (χ0) is 14.0. The molecule has 1 aromatic heterocycles. The van der Waals surface area contributed by atoms with Gasteiger partial charge in [-0.15, -0.1) is 22.9 Å². The molecule has 6 heteroatoms. The first-order chi connectivity index (χ1) is 9.06. The molecule has 0 spiro atoms. The molecule has 0 radical (unpaired) electrons. The lowest BCUT2D eigenvalue weighted by Crippen LogP contribution is -2.17. The maximum Gasteiger partial charge on any atom is 0.239 e. The van der Waals surface area contributed by atoms with E-state index in [0.717, 1.165) is 34.2 Å². The summed E-state index contributed by atoms with van der Waals surface area (Å²) in [6.07, 6.45) is 2.82. The van der Waals surface area contributed by atoms with Crippen LogP contribution in [-0.4, -0.2) is 11.8 Å². The molecule has 2 rings (SSSR count). The maximum atomic E-state index is 11.4. The van der Waals surface area contributed by atoms with Gasteiger partial charge in [-0.25, -0.2) is 0 Å². The van der Waals surface area contributed by atoms with E-state index in [1.165, 1.54) is 11.3 Å². The van der Waals surface area contributed by atoms with Gasteiger partial charge in [0.15, 0.2) is 0 Å². The molecule has 0 aromatic carbocycles. The number of alkyl halides is 1. The largest absolute Gasteiger partial charge is 0.316 e. The van der Waals surface area contributed by atoms with E-state index in [1.807, 2.05) is 0 Å². The molecule has 1 atom stereocenters. The molecule has 1 aliphatic rings. The predicted molar refractivity (Wildman–Crippen MR) is 80.4 cm³/mol. The van der Waals surface area contributed by atoms with E-state index in [1.54, 1.807) is 0 Å². The van der Waals surface area contributed by atoms with Crippen molar-refractivity contribution in [3.63, 3.8) is 0 Å². The normalized spacial score (nSPS) is 17.4. The van der Waals surface area contributed by atoms with Crippen LogP contribution >= 0.6 is 35.2 Å². The zero-order valence-corrected chi connectivity index (χ0v) is 12.8. The van der Waals surface area contributed by atoms with Crippen LogP contribution in [0.15, 0.2) is 0 Å². The van der Waals surface area contributed by atoms with Crippen molar-refractivity contribution in [1.29, 1.82) is 5.26 Å². The molecule has 19 heavy (non-hydrogen) atoms. The van der Waals surface area contributed by atoms with Crippen LogP contribution in [0.2, 0.25) is 0 Å². The van der Waals surface area contributed by atoms with Gasteiger partial charge in [-0.3, -0.25) is 4.79 Å². The van der Waals surface area contributed by atoms with Crippen molar-refractivity contribution in [2.45, 2.75) is 26.2 Å². The third-order valence-electron chi connectivity index (χ3n) is 3.26. The third-order valence-corrected chi connectivity index (χ3v) is 4.94. The Morgan fingerprint density at radius 1 is 1.63 bits per heavy atom. The summed E-state index contributed by atoms with van der Waals surface area (Å²) >= 11 is 12.2. The fourth-order valence-corrected chi connectivity index (χ4v) is 3.78. The summed E-state index contributed by atoms with van der Waals surface area (Å²) in [4.78, 5) is 11.4. The van der Waals surface area contributed by atoms with Crippen molar-refractivity contribution in [1.82, 2.24) is 0 Å². The Morgan fingerprint density at radius 2 is 2.37 bits per heavy atom. The minimum absolute atomic E-state index is 0.127. The predicted octanol–water partition coefficient (Wildman–Crippen LogP) is 3.65. The molecule has 0 aliphatic heterocycles. The fraction of sp³-hybridized carbons (Fsp3) is 0.462. The second kappa shape index (κ2) is 6.00. The van der Waals surface area contributed by atoms with Crippen molar-refractivity contribution < 1.29 is 4.79 Å². The monoisotopic (exact) mass is 312 g/mol. The summed E-state index contributed by atoms with van der Waals surface area (Å²) in [5.41, 5.74) is 2.67. The maximum absolute atomic E-state index is 11.4. The van der Waals surface area contributed by atoms with Gasteiger partial charge in [0.05, 0.1) is 9.39 Å². The van der Waals surface area contributed by atoms with Gasteiger partial charge in [0.2, 0.25) is 5.91 Å². The van der Waals surface area contributed by atoms with E-state index in [4.69, 9.17) is 23.8 Å². The number of amides is 1. The van der Waals surface area contributed by atoms with Gasteiger partial charge in [0.25, 0.3) is 0 Å². The molecule has 0 bridgehead atoms. The van der Waals surface area contributed by atoms with Crippen LogP contribution in [0, 0.1) is 21.1 Å². The first kappa shape index (κ1) is 14.4. The first-order valence-electron chi connectivity index (χ1n) is 6.01. The molecular formula is C13H13ClN2OS2. The molecule has 1 aromatic rings. The van der Waals surface area contributed by atoms with E-state index in [2.05, 4.69) is 18.3 Å². The van der Waals surface area contributed by atoms with Crippen LogP contribution in [0.3, 0.4) is 0 Å². The third kappa shape index (κ3) is 2.97. The average Bonchev–Trinajstić information content (AvgIpc) is 2.39. The Hall–Kier alpha value is -0.960. The lowest BCUT2D eigenvalue weighted by Gasteiger charge is -2.23.